The van der Waals surface area contributed by atoms with Gasteiger partial charge in [0.2, 0.25) is 0 Å². The Bertz CT molecular complexity index is 446. The third kappa shape index (κ3) is 4.28. The van der Waals surface area contributed by atoms with Crippen LogP contribution < -0.4 is 0 Å². The molecule has 1 aromatic rings. The number of esters is 1. The van der Waals surface area contributed by atoms with Crippen LogP contribution in [0.15, 0.2) is 12.3 Å². The summed E-state index contributed by atoms with van der Waals surface area (Å²) in [6, 6.07) is 1.58. The molecule has 19 heavy (non-hydrogen) atoms. The van der Waals surface area contributed by atoms with Gasteiger partial charge in [-0.25, -0.2) is 4.79 Å². The number of ether oxygens (including phenoxy) is 1. The second-order valence-electron chi connectivity index (χ2n) is 4.80. The second kappa shape index (κ2) is 6.61. The molecule has 1 aromatic heterocycles. The molecule has 0 aliphatic heterocycles. The number of hydrogen-bond donors (Lipinski definition) is 1. The Balaban J connectivity index is 2.56. The second-order valence-corrected chi connectivity index (χ2v) is 5.23. The van der Waals surface area contributed by atoms with E-state index in [4.69, 9.17) is 16.3 Å². The van der Waals surface area contributed by atoms with Gasteiger partial charge >= 0.3 is 5.97 Å². The zero-order chi connectivity index (χ0) is 14.6. The molecule has 0 aromatic carbocycles. The third-order valence-corrected chi connectivity index (χ3v) is 2.81. The number of aromatic amines is 1. The Morgan fingerprint density at radius 1 is 1.32 bits per heavy atom. The van der Waals surface area contributed by atoms with Crippen LogP contribution in [0.4, 0.5) is 0 Å². The van der Waals surface area contributed by atoms with Crippen molar-refractivity contribution in [2.24, 2.45) is 0 Å². The Labute approximate surface area is 117 Å². The molecule has 0 spiro atoms. The topological polar surface area (TPSA) is 62.4 Å². The van der Waals surface area contributed by atoms with Gasteiger partial charge < -0.3 is 14.6 Å². The number of H-pyrrole nitrogens is 1. The minimum atomic E-state index is -0.590. The summed E-state index contributed by atoms with van der Waals surface area (Å²) in [6.45, 7) is 7.41. The van der Waals surface area contributed by atoms with E-state index in [-0.39, 0.29) is 30.3 Å². The van der Waals surface area contributed by atoms with Crippen LogP contribution in [-0.2, 0) is 9.53 Å². The minimum Gasteiger partial charge on any atom is -0.451 e. The first-order chi connectivity index (χ1) is 8.82. The van der Waals surface area contributed by atoms with Crippen LogP contribution in [0.3, 0.4) is 0 Å². The highest BCUT2D eigenvalue weighted by molar-refractivity contribution is 6.30. The molecule has 1 heterocycles. The monoisotopic (exact) mass is 286 g/mol. The molecule has 1 rings (SSSR count). The van der Waals surface area contributed by atoms with E-state index in [0.717, 1.165) is 0 Å². The maximum atomic E-state index is 12.0. The smallest absolute Gasteiger partial charge is 0.355 e. The van der Waals surface area contributed by atoms with Gasteiger partial charge in [-0.2, -0.15) is 0 Å². The number of aromatic nitrogens is 1. The Morgan fingerprint density at radius 3 is 2.32 bits per heavy atom. The van der Waals surface area contributed by atoms with Crippen molar-refractivity contribution in [2.75, 3.05) is 6.61 Å². The molecule has 6 heteroatoms. The van der Waals surface area contributed by atoms with Crippen molar-refractivity contribution in [3.63, 3.8) is 0 Å². The Morgan fingerprint density at radius 2 is 1.89 bits per heavy atom. The van der Waals surface area contributed by atoms with Crippen molar-refractivity contribution in [3.8, 4) is 0 Å². The molecule has 0 saturated heterocycles. The lowest BCUT2D eigenvalue weighted by Crippen LogP contribution is -2.44. The fourth-order valence-corrected chi connectivity index (χ4v) is 2.10. The van der Waals surface area contributed by atoms with Crippen molar-refractivity contribution in [3.05, 3.63) is 23.0 Å². The standard InChI is InChI=1S/C13H19ClN2O3/c1-8(2)16(9(3)4)12(17)7-19-13(18)11-5-10(14)6-15-11/h5-6,8-9,15H,7H2,1-4H3. The number of halogens is 1. The number of amides is 1. The highest BCUT2D eigenvalue weighted by Gasteiger charge is 2.21. The average Bonchev–Trinajstić information content (AvgIpc) is 2.71. The summed E-state index contributed by atoms with van der Waals surface area (Å²) in [5.74, 6) is -0.802. The van der Waals surface area contributed by atoms with Gasteiger partial charge in [0.1, 0.15) is 5.69 Å². The van der Waals surface area contributed by atoms with Crippen molar-refractivity contribution in [1.82, 2.24) is 9.88 Å². The molecule has 1 amide bonds. The van der Waals surface area contributed by atoms with Crippen LogP contribution in [-0.4, -0.2) is 40.5 Å². The lowest BCUT2D eigenvalue weighted by molar-refractivity contribution is -0.138. The molecular formula is C13H19ClN2O3. The number of hydrogen-bond acceptors (Lipinski definition) is 3. The van der Waals surface area contributed by atoms with Gasteiger partial charge in [0.25, 0.3) is 5.91 Å². The van der Waals surface area contributed by atoms with Gasteiger partial charge in [0, 0.05) is 18.3 Å². The summed E-state index contributed by atoms with van der Waals surface area (Å²) in [6.07, 6.45) is 1.48. The first-order valence-corrected chi connectivity index (χ1v) is 6.53. The van der Waals surface area contributed by atoms with Crippen LogP contribution in [0.2, 0.25) is 5.02 Å². The normalized spacial score (nSPS) is 10.9. The summed E-state index contributed by atoms with van der Waals surface area (Å²) >= 11 is 5.69. The minimum absolute atomic E-state index is 0.0612. The third-order valence-electron chi connectivity index (χ3n) is 2.60. The Hall–Kier alpha value is -1.49. The molecule has 0 unspecified atom stereocenters. The summed E-state index contributed by atoms with van der Waals surface area (Å²) in [4.78, 5) is 28.0. The van der Waals surface area contributed by atoms with E-state index >= 15 is 0 Å². The largest absolute Gasteiger partial charge is 0.451 e. The first-order valence-electron chi connectivity index (χ1n) is 6.15. The molecule has 0 saturated carbocycles. The fraction of sp³-hybridized carbons (Fsp3) is 0.538. The zero-order valence-electron chi connectivity index (χ0n) is 11.6. The first kappa shape index (κ1) is 15.6. The summed E-state index contributed by atoms with van der Waals surface area (Å²) < 4.78 is 4.96. The van der Waals surface area contributed by atoms with Crippen LogP contribution in [0, 0.1) is 0 Å². The molecule has 0 aliphatic carbocycles. The lowest BCUT2D eigenvalue weighted by atomic mass is 10.2. The SMILES string of the molecule is CC(C)N(C(=O)COC(=O)c1cc(Cl)c[nH]1)C(C)C. The summed E-state index contributed by atoms with van der Waals surface area (Å²) in [5, 5.41) is 0.421. The van der Waals surface area contributed by atoms with E-state index in [1.165, 1.54) is 12.3 Å². The molecule has 0 radical (unpaired) electrons. The van der Waals surface area contributed by atoms with Gasteiger partial charge in [-0.15, -0.1) is 0 Å². The van der Waals surface area contributed by atoms with Crippen LogP contribution in [0.5, 0.6) is 0 Å². The van der Waals surface area contributed by atoms with Crippen molar-refractivity contribution in [1.29, 1.82) is 0 Å². The number of carbonyl (C=O) groups excluding carboxylic acids is 2. The molecule has 1 N–H and O–H groups in total. The number of rotatable bonds is 5. The highest BCUT2D eigenvalue weighted by atomic mass is 35.5. The predicted molar refractivity (Wildman–Crippen MR) is 73.2 cm³/mol. The molecule has 0 bridgehead atoms. The molecule has 0 fully saturated rings. The molecular weight excluding hydrogens is 268 g/mol. The Kier molecular flexibility index (Phi) is 5.42. The maximum absolute atomic E-state index is 12.0. The van der Waals surface area contributed by atoms with E-state index in [1.54, 1.807) is 4.90 Å². The highest BCUT2D eigenvalue weighted by Crippen LogP contribution is 2.11. The van der Waals surface area contributed by atoms with E-state index in [0.29, 0.717) is 5.02 Å². The molecule has 5 nitrogen and oxygen atoms in total. The van der Waals surface area contributed by atoms with Crippen molar-refractivity contribution < 1.29 is 14.3 Å². The van der Waals surface area contributed by atoms with E-state index in [1.807, 2.05) is 27.7 Å². The zero-order valence-corrected chi connectivity index (χ0v) is 12.3. The van der Waals surface area contributed by atoms with Crippen LogP contribution in [0.1, 0.15) is 38.2 Å². The van der Waals surface area contributed by atoms with Gasteiger partial charge in [0.15, 0.2) is 6.61 Å². The number of nitrogens with one attached hydrogen (secondary N) is 1. The van der Waals surface area contributed by atoms with E-state index < -0.39 is 5.97 Å². The maximum Gasteiger partial charge on any atom is 0.355 e. The quantitative estimate of drug-likeness (QED) is 0.846. The van der Waals surface area contributed by atoms with Crippen molar-refractivity contribution >= 4 is 23.5 Å². The molecule has 0 aliphatic rings. The molecule has 0 atom stereocenters. The van der Waals surface area contributed by atoms with Crippen molar-refractivity contribution in [2.45, 2.75) is 39.8 Å². The number of nitrogens with zero attached hydrogens (tertiary/aromatic N) is 1. The van der Waals surface area contributed by atoms with Crippen LogP contribution >= 0.6 is 11.6 Å². The average molecular weight is 287 g/mol. The molecule has 106 valence electrons. The predicted octanol–water partition coefficient (Wildman–Crippen LogP) is 2.47. The van der Waals surface area contributed by atoms with Gasteiger partial charge in [-0.05, 0) is 33.8 Å². The summed E-state index contributed by atoms with van der Waals surface area (Å²) in [5.41, 5.74) is 0.235. The van der Waals surface area contributed by atoms with Gasteiger partial charge in [-0.3, -0.25) is 4.79 Å². The van der Waals surface area contributed by atoms with Gasteiger partial charge in [0.05, 0.1) is 5.02 Å². The van der Waals surface area contributed by atoms with Crippen LogP contribution in [0.25, 0.3) is 0 Å². The summed E-state index contributed by atoms with van der Waals surface area (Å²) in [7, 11) is 0. The number of carbonyl (C=O) groups is 2. The lowest BCUT2D eigenvalue weighted by Gasteiger charge is -2.30. The van der Waals surface area contributed by atoms with E-state index in [2.05, 4.69) is 4.98 Å². The van der Waals surface area contributed by atoms with E-state index in [9.17, 15) is 9.59 Å². The van der Waals surface area contributed by atoms with Gasteiger partial charge in [-0.1, -0.05) is 11.6 Å². The fourth-order valence-electron chi connectivity index (χ4n) is 1.94.